The van der Waals surface area contributed by atoms with E-state index in [0.717, 1.165) is 17.9 Å². The van der Waals surface area contributed by atoms with Crippen LogP contribution >= 0.6 is 0 Å². The van der Waals surface area contributed by atoms with Gasteiger partial charge in [0.2, 0.25) is 0 Å². The van der Waals surface area contributed by atoms with Gasteiger partial charge in [0.05, 0.1) is 19.3 Å². The Morgan fingerprint density at radius 2 is 2.04 bits per heavy atom. The highest BCUT2D eigenvalue weighted by atomic mass is 16.5. The van der Waals surface area contributed by atoms with E-state index >= 15 is 0 Å². The van der Waals surface area contributed by atoms with E-state index < -0.39 is 5.60 Å². The van der Waals surface area contributed by atoms with E-state index in [1.54, 1.807) is 12.0 Å². The van der Waals surface area contributed by atoms with Crippen LogP contribution < -0.4 is 4.74 Å². The lowest BCUT2D eigenvalue weighted by atomic mass is 10.0. The van der Waals surface area contributed by atoms with Crippen molar-refractivity contribution in [2.75, 3.05) is 33.8 Å². The lowest BCUT2D eigenvalue weighted by Gasteiger charge is -2.29. The van der Waals surface area contributed by atoms with Crippen LogP contribution in [0.4, 0.5) is 0 Å². The number of carbonyl (C=O) groups excluding carboxylic acids is 1. The van der Waals surface area contributed by atoms with Gasteiger partial charge in [-0.1, -0.05) is 12.1 Å². The summed E-state index contributed by atoms with van der Waals surface area (Å²) in [4.78, 5) is 16.5. The van der Waals surface area contributed by atoms with Gasteiger partial charge in [0.25, 0.3) is 5.91 Å². The molecule has 1 aromatic heterocycles. The Labute approximate surface area is 154 Å². The maximum atomic E-state index is 12.6. The van der Waals surface area contributed by atoms with Crippen LogP contribution in [0.3, 0.4) is 0 Å². The van der Waals surface area contributed by atoms with Crippen LogP contribution in [0, 0.1) is 0 Å². The first-order valence-electron chi connectivity index (χ1n) is 8.85. The summed E-state index contributed by atoms with van der Waals surface area (Å²) in [7, 11) is 5.50. The number of ether oxygens (including phenoxy) is 1. The van der Waals surface area contributed by atoms with Crippen LogP contribution in [0.2, 0.25) is 0 Å². The smallest absolute Gasteiger partial charge is 0.270 e. The minimum Gasteiger partial charge on any atom is -0.497 e. The quantitative estimate of drug-likeness (QED) is 0.856. The van der Waals surface area contributed by atoms with E-state index in [4.69, 9.17) is 4.74 Å². The number of benzene rings is 1. The highest BCUT2D eigenvalue weighted by Crippen LogP contribution is 2.24. The summed E-state index contributed by atoms with van der Waals surface area (Å²) in [6.45, 7) is 2.20. The fraction of sp³-hybridized carbons (Fsp3) is 0.450. The third-order valence-electron chi connectivity index (χ3n) is 4.96. The number of amides is 1. The van der Waals surface area contributed by atoms with Gasteiger partial charge >= 0.3 is 0 Å². The van der Waals surface area contributed by atoms with Crippen molar-refractivity contribution < 1.29 is 14.6 Å². The molecule has 1 amide bonds. The number of nitrogens with zero attached hydrogens (tertiary/aromatic N) is 3. The molecule has 2 heterocycles. The summed E-state index contributed by atoms with van der Waals surface area (Å²) in [5, 5.41) is 10.9. The molecule has 6 nitrogen and oxygen atoms in total. The first-order valence-corrected chi connectivity index (χ1v) is 8.85. The summed E-state index contributed by atoms with van der Waals surface area (Å²) < 4.78 is 6.99. The summed E-state index contributed by atoms with van der Waals surface area (Å²) in [6.07, 6.45) is 2.45. The molecule has 0 spiro atoms. The van der Waals surface area contributed by atoms with Gasteiger partial charge in [-0.3, -0.25) is 9.69 Å². The SMILES string of the molecule is COc1ccc(CN(C)C[C@@]2(O)CCN(C(=O)c3cccn3C)C2)cc1. The zero-order valence-electron chi connectivity index (χ0n) is 15.7. The van der Waals surface area contributed by atoms with Crippen molar-refractivity contribution in [3.8, 4) is 5.75 Å². The zero-order chi connectivity index (χ0) is 18.7. The maximum Gasteiger partial charge on any atom is 0.270 e. The monoisotopic (exact) mass is 357 g/mol. The molecule has 1 aromatic carbocycles. The second-order valence-corrected chi connectivity index (χ2v) is 7.23. The van der Waals surface area contributed by atoms with Crippen LogP contribution in [-0.2, 0) is 13.6 Å². The number of likely N-dealkylation sites (tertiary alicyclic amines) is 1. The van der Waals surface area contributed by atoms with Gasteiger partial charge in [-0.25, -0.2) is 0 Å². The molecule has 1 fully saturated rings. The van der Waals surface area contributed by atoms with E-state index in [0.29, 0.717) is 31.7 Å². The Morgan fingerprint density at radius 1 is 1.31 bits per heavy atom. The molecule has 1 N–H and O–H groups in total. The van der Waals surface area contributed by atoms with E-state index in [9.17, 15) is 9.90 Å². The van der Waals surface area contributed by atoms with Gasteiger partial charge in [0, 0.05) is 32.9 Å². The average molecular weight is 357 g/mol. The minimum absolute atomic E-state index is 0.0220. The minimum atomic E-state index is -0.873. The van der Waals surface area contributed by atoms with Crippen LogP contribution in [0.5, 0.6) is 5.75 Å². The second kappa shape index (κ2) is 7.51. The molecule has 0 saturated carbocycles. The summed E-state index contributed by atoms with van der Waals surface area (Å²) in [6, 6.07) is 11.6. The molecule has 6 heteroatoms. The van der Waals surface area contributed by atoms with Crippen LogP contribution in [0.1, 0.15) is 22.5 Å². The molecule has 2 aromatic rings. The standard InChI is InChI=1S/C20H27N3O3/c1-21(13-16-6-8-17(26-3)9-7-16)14-20(25)10-12-23(15-20)19(24)18-5-4-11-22(18)2/h4-9,11,25H,10,12-15H2,1-3H3/t20-/m0/s1. The number of methoxy groups -OCH3 is 1. The first-order chi connectivity index (χ1) is 12.4. The molecular formula is C20H27N3O3. The van der Waals surface area contributed by atoms with Crippen molar-refractivity contribution in [1.29, 1.82) is 0 Å². The summed E-state index contributed by atoms with van der Waals surface area (Å²) >= 11 is 0. The fourth-order valence-electron chi connectivity index (χ4n) is 3.61. The highest BCUT2D eigenvalue weighted by molar-refractivity contribution is 5.93. The van der Waals surface area contributed by atoms with E-state index in [-0.39, 0.29) is 5.91 Å². The third-order valence-corrected chi connectivity index (χ3v) is 4.96. The maximum absolute atomic E-state index is 12.6. The van der Waals surface area contributed by atoms with Crippen molar-refractivity contribution >= 4 is 5.91 Å². The van der Waals surface area contributed by atoms with Gasteiger partial charge in [0.15, 0.2) is 0 Å². The van der Waals surface area contributed by atoms with Crippen molar-refractivity contribution in [3.05, 3.63) is 53.9 Å². The van der Waals surface area contributed by atoms with E-state index in [2.05, 4.69) is 4.90 Å². The molecule has 1 aliphatic rings. The van der Waals surface area contributed by atoms with Crippen LogP contribution in [0.15, 0.2) is 42.6 Å². The lowest BCUT2D eigenvalue weighted by Crippen LogP contribution is -2.44. The number of rotatable bonds is 6. The number of hydrogen-bond donors (Lipinski definition) is 1. The van der Waals surface area contributed by atoms with Gasteiger partial charge < -0.3 is 19.3 Å². The van der Waals surface area contributed by atoms with Crippen LogP contribution in [-0.4, -0.2) is 64.8 Å². The third kappa shape index (κ3) is 4.08. The van der Waals surface area contributed by atoms with Gasteiger partial charge in [-0.15, -0.1) is 0 Å². The van der Waals surface area contributed by atoms with Crippen LogP contribution in [0.25, 0.3) is 0 Å². The Balaban J connectivity index is 1.57. The molecule has 0 radical (unpaired) electrons. The molecule has 1 aliphatic heterocycles. The molecule has 0 bridgehead atoms. The Kier molecular flexibility index (Phi) is 5.34. The molecule has 1 atom stereocenters. The molecular weight excluding hydrogens is 330 g/mol. The Bertz CT molecular complexity index is 756. The van der Waals surface area contributed by atoms with Crippen molar-refractivity contribution in [2.45, 2.75) is 18.6 Å². The fourth-order valence-corrected chi connectivity index (χ4v) is 3.61. The number of aromatic nitrogens is 1. The Morgan fingerprint density at radius 3 is 2.65 bits per heavy atom. The molecule has 0 aliphatic carbocycles. The summed E-state index contributed by atoms with van der Waals surface area (Å²) in [5.74, 6) is 0.812. The first kappa shape index (κ1) is 18.5. The number of aryl methyl sites for hydroxylation is 1. The van der Waals surface area contributed by atoms with Crippen molar-refractivity contribution in [1.82, 2.24) is 14.4 Å². The molecule has 26 heavy (non-hydrogen) atoms. The lowest BCUT2D eigenvalue weighted by molar-refractivity contribution is 0.0162. The summed E-state index contributed by atoms with van der Waals surface area (Å²) in [5.41, 5.74) is 0.940. The average Bonchev–Trinajstić information content (AvgIpc) is 3.21. The number of carbonyl (C=O) groups is 1. The van der Waals surface area contributed by atoms with Crippen molar-refractivity contribution in [2.24, 2.45) is 7.05 Å². The number of β-amino-alcohol motifs (C(OH)–C–C–N with tert-alkyl or cyclic N) is 1. The molecule has 140 valence electrons. The van der Waals surface area contributed by atoms with E-state index in [1.165, 1.54) is 0 Å². The zero-order valence-corrected chi connectivity index (χ0v) is 15.7. The van der Waals surface area contributed by atoms with Gasteiger partial charge in [-0.2, -0.15) is 0 Å². The van der Waals surface area contributed by atoms with Crippen molar-refractivity contribution in [3.63, 3.8) is 0 Å². The Hall–Kier alpha value is -2.31. The normalized spacial score (nSPS) is 20.0. The predicted octanol–water partition coefficient (Wildman–Crippen LogP) is 1.74. The molecule has 1 saturated heterocycles. The number of hydrogen-bond acceptors (Lipinski definition) is 4. The van der Waals surface area contributed by atoms with E-state index in [1.807, 2.05) is 61.3 Å². The number of aliphatic hydroxyl groups is 1. The number of likely N-dealkylation sites (N-methyl/N-ethyl adjacent to an activating group) is 1. The highest BCUT2D eigenvalue weighted by Gasteiger charge is 2.39. The second-order valence-electron chi connectivity index (χ2n) is 7.23. The topological polar surface area (TPSA) is 57.9 Å². The molecule has 3 rings (SSSR count). The van der Waals surface area contributed by atoms with Gasteiger partial charge in [-0.05, 0) is 43.3 Å². The largest absolute Gasteiger partial charge is 0.497 e. The predicted molar refractivity (Wildman–Crippen MR) is 100 cm³/mol. The van der Waals surface area contributed by atoms with Gasteiger partial charge in [0.1, 0.15) is 11.4 Å². The molecule has 0 unspecified atom stereocenters.